The summed E-state index contributed by atoms with van der Waals surface area (Å²) in [6.07, 6.45) is 0.780. The van der Waals surface area contributed by atoms with Crippen molar-refractivity contribution in [3.05, 3.63) is 90.0 Å². The molecule has 1 N–H and O–H groups in total. The first-order chi connectivity index (χ1) is 15.4. The first-order valence-corrected chi connectivity index (χ1v) is 11.9. The zero-order valence-corrected chi connectivity index (χ0v) is 19.3. The lowest BCUT2D eigenvalue weighted by Gasteiger charge is -2.26. The van der Waals surface area contributed by atoms with Gasteiger partial charge in [0, 0.05) is 11.6 Å². The molecule has 0 heterocycles. The first kappa shape index (κ1) is 23.3. The number of amides is 1. The van der Waals surface area contributed by atoms with E-state index in [1.165, 1.54) is 23.5 Å². The van der Waals surface area contributed by atoms with Crippen molar-refractivity contribution in [2.75, 3.05) is 11.4 Å². The second-order valence-corrected chi connectivity index (χ2v) is 9.34. The van der Waals surface area contributed by atoms with Gasteiger partial charge in [-0.15, -0.1) is 0 Å². The number of anilines is 1. The maximum Gasteiger partial charge on any atom is 0.264 e. The monoisotopic (exact) mass is 452 g/mol. The molecule has 168 valence electrons. The van der Waals surface area contributed by atoms with Gasteiger partial charge in [0.05, 0.1) is 24.2 Å². The van der Waals surface area contributed by atoms with Crippen molar-refractivity contribution < 1.29 is 17.9 Å². The number of hydrogen-bond acceptors (Lipinski definition) is 4. The Bertz CT molecular complexity index is 1160. The molecule has 3 aromatic carbocycles. The molecule has 6 nitrogen and oxygen atoms in total. The van der Waals surface area contributed by atoms with Crippen LogP contribution in [0.2, 0.25) is 0 Å². The summed E-state index contributed by atoms with van der Waals surface area (Å²) >= 11 is 0. The minimum absolute atomic E-state index is 0.00841. The molecule has 0 aliphatic rings. The highest BCUT2D eigenvalue weighted by Gasteiger charge is 2.28. The molecule has 0 bridgehead atoms. The van der Waals surface area contributed by atoms with E-state index in [4.69, 9.17) is 4.74 Å². The molecule has 0 aliphatic carbocycles. The number of para-hydroxylation sites is 2. The molecule has 32 heavy (non-hydrogen) atoms. The van der Waals surface area contributed by atoms with Crippen LogP contribution in [0.5, 0.6) is 5.75 Å². The standard InChI is InChI=1S/C25H28N2O4S/c1-4-19(2)26-25(28)21-13-10-14-22(17-21)32(29,30)27(18-20-11-6-5-7-12-20)23-15-8-9-16-24(23)31-3/h5-17,19H,4,18H2,1-3H3,(H,26,28). The van der Waals surface area contributed by atoms with Crippen molar-refractivity contribution in [2.45, 2.75) is 37.8 Å². The van der Waals surface area contributed by atoms with E-state index in [1.54, 1.807) is 36.4 Å². The number of methoxy groups -OCH3 is 1. The second-order valence-electron chi connectivity index (χ2n) is 7.48. The van der Waals surface area contributed by atoms with Crippen LogP contribution >= 0.6 is 0 Å². The van der Waals surface area contributed by atoms with Crippen molar-refractivity contribution in [1.82, 2.24) is 5.32 Å². The Morgan fingerprint density at radius 2 is 1.69 bits per heavy atom. The average molecular weight is 453 g/mol. The van der Waals surface area contributed by atoms with Crippen molar-refractivity contribution in [2.24, 2.45) is 0 Å². The Morgan fingerprint density at radius 1 is 1.00 bits per heavy atom. The molecule has 0 fully saturated rings. The number of nitrogens with one attached hydrogen (secondary N) is 1. The molecule has 0 radical (unpaired) electrons. The van der Waals surface area contributed by atoms with E-state index in [1.807, 2.05) is 44.2 Å². The molecular formula is C25H28N2O4S. The van der Waals surface area contributed by atoms with Crippen LogP contribution < -0.4 is 14.4 Å². The molecule has 0 aromatic heterocycles. The molecule has 3 rings (SSSR count). The largest absolute Gasteiger partial charge is 0.495 e. The zero-order chi connectivity index (χ0) is 23.1. The third-order valence-electron chi connectivity index (χ3n) is 5.20. The highest BCUT2D eigenvalue weighted by molar-refractivity contribution is 7.92. The van der Waals surface area contributed by atoms with Crippen LogP contribution in [0.3, 0.4) is 0 Å². The quantitative estimate of drug-likeness (QED) is 0.514. The minimum atomic E-state index is -4.00. The van der Waals surface area contributed by atoms with Crippen LogP contribution in [0.1, 0.15) is 36.2 Å². The summed E-state index contributed by atoms with van der Waals surface area (Å²) < 4.78 is 34.3. The van der Waals surface area contributed by atoms with Gasteiger partial charge < -0.3 is 10.1 Å². The van der Waals surface area contributed by atoms with Gasteiger partial charge in [-0.3, -0.25) is 9.10 Å². The number of carbonyl (C=O) groups is 1. The maximum atomic E-state index is 13.8. The molecular weight excluding hydrogens is 424 g/mol. The van der Waals surface area contributed by atoms with E-state index in [9.17, 15) is 13.2 Å². The van der Waals surface area contributed by atoms with Crippen molar-refractivity contribution in [1.29, 1.82) is 0 Å². The highest BCUT2D eigenvalue weighted by Crippen LogP contribution is 2.33. The normalized spacial score (nSPS) is 12.1. The topological polar surface area (TPSA) is 75.7 Å². The van der Waals surface area contributed by atoms with Crippen LogP contribution in [0.15, 0.2) is 83.8 Å². The van der Waals surface area contributed by atoms with Crippen molar-refractivity contribution in [3.63, 3.8) is 0 Å². The Morgan fingerprint density at radius 3 is 2.38 bits per heavy atom. The molecule has 1 unspecified atom stereocenters. The number of carbonyl (C=O) groups excluding carboxylic acids is 1. The number of benzene rings is 3. The van der Waals surface area contributed by atoms with Gasteiger partial charge in [-0.1, -0.05) is 55.5 Å². The molecule has 0 spiro atoms. The summed E-state index contributed by atoms with van der Waals surface area (Å²) in [6, 6.07) is 22.4. The van der Waals surface area contributed by atoms with Gasteiger partial charge in [-0.2, -0.15) is 0 Å². The van der Waals surface area contributed by atoms with Gasteiger partial charge in [0.15, 0.2) is 0 Å². The fourth-order valence-electron chi connectivity index (χ4n) is 3.22. The molecule has 0 saturated carbocycles. The molecule has 1 atom stereocenters. The number of ether oxygens (including phenoxy) is 1. The number of sulfonamides is 1. The van der Waals surface area contributed by atoms with Gasteiger partial charge in [0.25, 0.3) is 15.9 Å². The average Bonchev–Trinajstić information content (AvgIpc) is 2.83. The predicted octanol–water partition coefficient (Wildman–Crippen LogP) is 4.62. The summed E-state index contributed by atoms with van der Waals surface area (Å²) in [4.78, 5) is 12.6. The lowest BCUT2D eigenvalue weighted by Crippen LogP contribution is -2.33. The number of rotatable bonds is 9. The Labute approximate surface area is 189 Å². The van der Waals surface area contributed by atoms with Crippen molar-refractivity contribution >= 4 is 21.6 Å². The Hall–Kier alpha value is -3.32. The summed E-state index contributed by atoms with van der Waals surface area (Å²) in [7, 11) is -2.50. The molecule has 0 aliphatic heterocycles. The summed E-state index contributed by atoms with van der Waals surface area (Å²) in [5, 5.41) is 2.88. The fraction of sp³-hybridized carbons (Fsp3) is 0.240. The Balaban J connectivity index is 2.06. The van der Waals surface area contributed by atoms with Crippen molar-refractivity contribution in [3.8, 4) is 5.75 Å². The van der Waals surface area contributed by atoms with E-state index in [2.05, 4.69) is 5.32 Å². The van der Waals surface area contributed by atoms with E-state index in [0.29, 0.717) is 17.0 Å². The van der Waals surface area contributed by atoms with E-state index in [-0.39, 0.29) is 23.4 Å². The Kier molecular flexibility index (Phi) is 7.53. The zero-order valence-electron chi connectivity index (χ0n) is 18.5. The van der Waals surface area contributed by atoms with Crippen LogP contribution in [-0.4, -0.2) is 27.5 Å². The minimum Gasteiger partial charge on any atom is -0.495 e. The highest BCUT2D eigenvalue weighted by atomic mass is 32.2. The number of hydrogen-bond donors (Lipinski definition) is 1. The summed E-state index contributed by atoms with van der Waals surface area (Å²) in [6.45, 7) is 4.00. The third kappa shape index (κ3) is 5.29. The fourth-order valence-corrected chi connectivity index (χ4v) is 4.73. The lowest BCUT2D eigenvalue weighted by atomic mass is 10.2. The van der Waals surface area contributed by atoms with E-state index >= 15 is 0 Å². The van der Waals surface area contributed by atoms with Crippen LogP contribution in [0, 0.1) is 0 Å². The third-order valence-corrected chi connectivity index (χ3v) is 6.95. The molecule has 1 amide bonds. The van der Waals surface area contributed by atoms with E-state index in [0.717, 1.165) is 12.0 Å². The van der Waals surface area contributed by atoms with E-state index < -0.39 is 10.0 Å². The lowest BCUT2D eigenvalue weighted by molar-refractivity contribution is 0.0939. The summed E-state index contributed by atoms with van der Waals surface area (Å²) in [5.74, 6) is 0.140. The molecule has 0 saturated heterocycles. The SMILES string of the molecule is CCC(C)NC(=O)c1cccc(S(=O)(=O)N(Cc2ccccc2)c2ccccc2OC)c1. The van der Waals surface area contributed by atoms with Gasteiger partial charge in [-0.05, 0) is 49.2 Å². The van der Waals surface area contributed by atoms with Crippen LogP contribution in [0.25, 0.3) is 0 Å². The van der Waals surface area contributed by atoms with Gasteiger partial charge in [0.1, 0.15) is 5.75 Å². The molecule has 3 aromatic rings. The smallest absolute Gasteiger partial charge is 0.264 e. The first-order valence-electron chi connectivity index (χ1n) is 10.5. The predicted molar refractivity (Wildman–Crippen MR) is 126 cm³/mol. The summed E-state index contributed by atoms with van der Waals surface area (Å²) in [5.41, 5.74) is 1.55. The molecule has 7 heteroatoms. The van der Waals surface area contributed by atoms with Gasteiger partial charge in [0.2, 0.25) is 0 Å². The maximum absolute atomic E-state index is 13.8. The van der Waals surface area contributed by atoms with Crippen LogP contribution in [0.4, 0.5) is 5.69 Å². The van der Waals surface area contributed by atoms with Gasteiger partial charge >= 0.3 is 0 Å². The second kappa shape index (κ2) is 10.3. The van der Waals surface area contributed by atoms with Gasteiger partial charge in [-0.25, -0.2) is 8.42 Å². The van der Waals surface area contributed by atoms with Crippen LogP contribution in [-0.2, 0) is 16.6 Å². The number of nitrogens with zero attached hydrogens (tertiary/aromatic N) is 1.